The van der Waals surface area contributed by atoms with E-state index in [0.29, 0.717) is 13.1 Å². The number of nitrogens with zero attached hydrogens (tertiary/aromatic N) is 2. The van der Waals surface area contributed by atoms with Crippen LogP contribution in [0.25, 0.3) is 0 Å². The summed E-state index contributed by atoms with van der Waals surface area (Å²) in [6.45, 7) is 4.35. The first kappa shape index (κ1) is 19.0. The molecule has 4 nitrogen and oxygen atoms in total. The summed E-state index contributed by atoms with van der Waals surface area (Å²) in [5.41, 5.74) is 2.14. The van der Waals surface area contributed by atoms with E-state index in [9.17, 15) is 9.50 Å². The minimum Gasteiger partial charge on any atom is -0.390 e. The summed E-state index contributed by atoms with van der Waals surface area (Å²) in [4.78, 5) is 4.37. The van der Waals surface area contributed by atoms with Crippen LogP contribution in [-0.4, -0.2) is 67.5 Å². The maximum atomic E-state index is 13.4. The van der Waals surface area contributed by atoms with Crippen molar-refractivity contribution < 1.29 is 14.2 Å². The topological polar surface area (TPSA) is 35.9 Å². The van der Waals surface area contributed by atoms with Crippen LogP contribution in [0, 0.1) is 5.82 Å². The number of β-amino-alcohol motifs (C(OH)–C–C–N with tert-alkyl or cyclic N) is 1. The third-order valence-corrected chi connectivity index (χ3v) is 4.81. The lowest BCUT2D eigenvalue weighted by Gasteiger charge is -2.33. The molecule has 0 aliphatic carbocycles. The molecule has 1 heterocycles. The monoisotopic (exact) mass is 358 g/mol. The van der Waals surface area contributed by atoms with Crippen LogP contribution in [0.4, 0.5) is 4.39 Å². The lowest BCUT2D eigenvalue weighted by atomic mass is 9.97. The Bertz CT molecular complexity index is 659. The highest BCUT2D eigenvalue weighted by atomic mass is 19.1. The highest BCUT2D eigenvalue weighted by molar-refractivity contribution is 5.32. The number of rotatable bonds is 7. The molecule has 0 radical (unpaired) electrons. The van der Waals surface area contributed by atoms with Gasteiger partial charge in [0.2, 0.25) is 0 Å². The third kappa shape index (κ3) is 5.11. The molecule has 1 aliphatic rings. The molecule has 1 saturated heterocycles. The molecule has 2 unspecified atom stereocenters. The first-order chi connectivity index (χ1) is 12.6. The highest BCUT2D eigenvalue weighted by Crippen LogP contribution is 2.28. The first-order valence-corrected chi connectivity index (χ1v) is 9.12. The predicted molar refractivity (Wildman–Crippen MR) is 101 cm³/mol. The third-order valence-electron chi connectivity index (χ3n) is 4.81. The molecule has 2 aromatic rings. The molecule has 140 valence electrons. The predicted octanol–water partition coefficient (Wildman–Crippen LogP) is 2.54. The number of halogens is 1. The number of ether oxygens (including phenoxy) is 1. The fraction of sp³-hybridized carbons (Fsp3) is 0.429. The maximum Gasteiger partial charge on any atom is 0.123 e. The highest BCUT2D eigenvalue weighted by Gasteiger charge is 2.23. The van der Waals surface area contributed by atoms with Gasteiger partial charge in [-0.1, -0.05) is 42.5 Å². The maximum absolute atomic E-state index is 13.4. The van der Waals surface area contributed by atoms with Crippen molar-refractivity contribution in [3.8, 4) is 0 Å². The second-order valence-electron chi connectivity index (χ2n) is 6.87. The largest absolute Gasteiger partial charge is 0.390 e. The van der Waals surface area contributed by atoms with Gasteiger partial charge in [-0.05, 0) is 30.3 Å². The number of benzene rings is 2. The Labute approximate surface area is 154 Å². The Balaban J connectivity index is 1.72. The van der Waals surface area contributed by atoms with E-state index in [1.165, 1.54) is 12.1 Å². The summed E-state index contributed by atoms with van der Waals surface area (Å²) in [5, 5.41) is 10.6. The average molecular weight is 358 g/mol. The molecule has 1 aliphatic heterocycles. The SMILES string of the molecule is CN(CC(O)CN1CCOCC1)C(c1ccccc1)c1ccc(F)cc1. The molecule has 1 fully saturated rings. The van der Waals surface area contributed by atoms with E-state index in [1.807, 2.05) is 37.4 Å². The molecule has 0 spiro atoms. The summed E-state index contributed by atoms with van der Waals surface area (Å²) in [5.74, 6) is -0.240. The second-order valence-corrected chi connectivity index (χ2v) is 6.87. The van der Waals surface area contributed by atoms with Gasteiger partial charge in [-0.2, -0.15) is 0 Å². The van der Waals surface area contributed by atoms with Crippen LogP contribution >= 0.6 is 0 Å². The molecule has 2 atom stereocenters. The first-order valence-electron chi connectivity index (χ1n) is 9.12. The molecular weight excluding hydrogens is 331 g/mol. The fourth-order valence-electron chi connectivity index (χ4n) is 3.56. The van der Waals surface area contributed by atoms with E-state index in [0.717, 1.165) is 37.4 Å². The molecule has 2 aromatic carbocycles. The lowest BCUT2D eigenvalue weighted by molar-refractivity contribution is 0.00687. The van der Waals surface area contributed by atoms with Gasteiger partial charge in [0, 0.05) is 26.2 Å². The number of aliphatic hydroxyl groups excluding tert-OH is 1. The number of aliphatic hydroxyl groups is 1. The minimum atomic E-state index is -0.454. The van der Waals surface area contributed by atoms with Crippen LogP contribution in [0.3, 0.4) is 0 Å². The second kappa shape index (κ2) is 9.24. The van der Waals surface area contributed by atoms with Crippen molar-refractivity contribution in [2.75, 3.05) is 46.4 Å². The Morgan fingerprint density at radius 2 is 1.65 bits per heavy atom. The van der Waals surface area contributed by atoms with Crippen molar-refractivity contribution in [2.45, 2.75) is 12.1 Å². The molecule has 0 bridgehead atoms. The number of hydrogen-bond donors (Lipinski definition) is 1. The quantitative estimate of drug-likeness (QED) is 0.825. The van der Waals surface area contributed by atoms with Gasteiger partial charge in [-0.3, -0.25) is 9.80 Å². The van der Waals surface area contributed by atoms with Gasteiger partial charge in [0.05, 0.1) is 25.4 Å². The summed E-state index contributed by atoms with van der Waals surface area (Å²) >= 11 is 0. The molecule has 1 N–H and O–H groups in total. The van der Waals surface area contributed by atoms with Crippen molar-refractivity contribution in [2.24, 2.45) is 0 Å². The van der Waals surface area contributed by atoms with E-state index in [1.54, 1.807) is 0 Å². The normalized spacial score (nSPS) is 18.0. The van der Waals surface area contributed by atoms with E-state index >= 15 is 0 Å². The van der Waals surface area contributed by atoms with Gasteiger partial charge in [0.15, 0.2) is 0 Å². The van der Waals surface area contributed by atoms with Gasteiger partial charge in [0.25, 0.3) is 0 Å². The molecule has 0 aromatic heterocycles. The summed E-state index contributed by atoms with van der Waals surface area (Å²) in [7, 11) is 2.00. The van der Waals surface area contributed by atoms with Gasteiger partial charge in [0.1, 0.15) is 5.82 Å². The Morgan fingerprint density at radius 1 is 1.04 bits per heavy atom. The molecule has 0 amide bonds. The Hall–Kier alpha value is -1.79. The van der Waals surface area contributed by atoms with Gasteiger partial charge >= 0.3 is 0 Å². The summed E-state index contributed by atoms with van der Waals surface area (Å²) in [6.07, 6.45) is -0.454. The van der Waals surface area contributed by atoms with Crippen molar-refractivity contribution in [3.63, 3.8) is 0 Å². The van der Waals surface area contributed by atoms with Crippen LogP contribution in [0.1, 0.15) is 17.2 Å². The van der Waals surface area contributed by atoms with Gasteiger partial charge in [-0.25, -0.2) is 4.39 Å². The zero-order chi connectivity index (χ0) is 18.4. The number of hydrogen-bond acceptors (Lipinski definition) is 4. The molecular formula is C21H27FN2O2. The molecule has 3 rings (SSSR count). The van der Waals surface area contributed by atoms with E-state index < -0.39 is 6.10 Å². The van der Waals surface area contributed by atoms with E-state index in [2.05, 4.69) is 21.9 Å². The Morgan fingerprint density at radius 3 is 2.31 bits per heavy atom. The van der Waals surface area contributed by atoms with Crippen molar-refractivity contribution in [1.29, 1.82) is 0 Å². The summed E-state index contributed by atoms with van der Waals surface area (Å²) < 4.78 is 18.7. The molecule has 26 heavy (non-hydrogen) atoms. The van der Waals surface area contributed by atoms with Crippen LogP contribution in [0.2, 0.25) is 0 Å². The molecule has 0 saturated carbocycles. The zero-order valence-electron chi connectivity index (χ0n) is 15.2. The number of morpholine rings is 1. The molecule has 5 heteroatoms. The van der Waals surface area contributed by atoms with Crippen LogP contribution in [0.15, 0.2) is 54.6 Å². The summed E-state index contributed by atoms with van der Waals surface area (Å²) in [6, 6.07) is 16.7. The van der Waals surface area contributed by atoms with E-state index in [-0.39, 0.29) is 11.9 Å². The Kier molecular flexibility index (Phi) is 6.74. The van der Waals surface area contributed by atoms with Crippen LogP contribution < -0.4 is 0 Å². The van der Waals surface area contributed by atoms with E-state index in [4.69, 9.17) is 4.74 Å². The van der Waals surface area contributed by atoms with Crippen molar-refractivity contribution >= 4 is 0 Å². The smallest absolute Gasteiger partial charge is 0.123 e. The van der Waals surface area contributed by atoms with Crippen LogP contribution in [-0.2, 0) is 4.74 Å². The lowest BCUT2D eigenvalue weighted by Crippen LogP contribution is -2.44. The van der Waals surface area contributed by atoms with Crippen LogP contribution in [0.5, 0.6) is 0 Å². The fourth-order valence-corrected chi connectivity index (χ4v) is 3.56. The van der Waals surface area contributed by atoms with Crippen molar-refractivity contribution in [3.05, 3.63) is 71.5 Å². The van der Waals surface area contributed by atoms with Gasteiger partial charge in [-0.15, -0.1) is 0 Å². The standard InChI is InChI=1S/C21H27FN2O2/c1-23(15-20(25)16-24-11-13-26-14-12-24)21(17-5-3-2-4-6-17)18-7-9-19(22)10-8-18/h2-10,20-21,25H,11-16H2,1H3. The zero-order valence-corrected chi connectivity index (χ0v) is 15.2. The van der Waals surface area contributed by atoms with Crippen molar-refractivity contribution in [1.82, 2.24) is 9.80 Å². The number of likely N-dealkylation sites (N-methyl/N-ethyl adjacent to an activating group) is 1. The minimum absolute atomic E-state index is 0.0314. The van der Waals surface area contributed by atoms with Gasteiger partial charge < -0.3 is 9.84 Å². The average Bonchev–Trinajstić information content (AvgIpc) is 2.65.